The van der Waals surface area contributed by atoms with E-state index in [1.54, 1.807) is 72.8 Å². The Kier molecular flexibility index (Phi) is 9.59. The number of amides is 2. The molecule has 0 aromatic heterocycles. The summed E-state index contributed by atoms with van der Waals surface area (Å²) in [5.74, 6) is -2.39. The minimum Gasteiger partial charge on any atom is -0.325 e. The van der Waals surface area contributed by atoms with E-state index in [-0.39, 0.29) is 90.2 Å². The summed E-state index contributed by atoms with van der Waals surface area (Å²) >= 11 is 0. The molecule has 0 unspecified atom stereocenters. The highest BCUT2D eigenvalue weighted by atomic mass is 16.2. The predicted octanol–water partition coefficient (Wildman–Crippen LogP) is 9.60. The van der Waals surface area contributed by atoms with Gasteiger partial charge in [-0.2, -0.15) is 0 Å². The standard InChI is InChI=1S/C46H46N2O6/c1-6-45(2,3)24-25-46(4,5)44(54)48-34-23-21-28(36-38(34)42(52)32-19-13-11-17-30(32)40(36)50)27-20-22-33(47-43(53)26-14-8-7-9-15-26)37-35(27)39(49)29-16-10-12-18-31(29)41(37)51/h10-13,16-23,26H,6-9,14-15,24-25H2,1-5H3,(H,47,53)(H,48,54). The molecule has 0 saturated heterocycles. The van der Waals surface area contributed by atoms with Crippen molar-refractivity contribution in [2.75, 3.05) is 10.6 Å². The van der Waals surface area contributed by atoms with E-state index in [1.807, 2.05) is 13.8 Å². The molecule has 4 aromatic rings. The molecule has 0 heterocycles. The average molecular weight is 723 g/mol. The molecule has 0 bridgehead atoms. The molecular formula is C46H46N2O6. The maximum Gasteiger partial charge on any atom is 0.230 e. The van der Waals surface area contributed by atoms with E-state index in [4.69, 9.17) is 0 Å². The summed E-state index contributed by atoms with van der Waals surface area (Å²) in [4.78, 5) is 85.2. The lowest BCUT2D eigenvalue weighted by Crippen LogP contribution is -2.33. The highest BCUT2D eigenvalue weighted by molar-refractivity contribution is 6.35. The fraction of sp³-hybridized carbons (Fsp3) is 0.348. The zero-order chi connectivity index (χ0) is 38.5. The molecule has 0 atom stereocenters. The molecule has 1 fully saturated rings. The lowest BCUT2D eigenvalue weighted by atomic mass is 9.75. The van der Waals surface area contributed by atoms with Crippen LogP contribution in [0.4, 0.5) is 11.4 Å². The first-order chi connectivity index (χ1) is 25.7. The van der Waals surface area contributed by atoms with E-state index in [0.717, 1.165) is 44.9 Å². The van der Waals surface area contributed by atoms with Crippen molar-refractivity contribution in [1.29, 1.82) is 0 Å². The molecule has 4 aromatic carbocycles. The first-order valence-corrected chi connectivity index (χ1v) is 19.1. The second-order valence-corrected chi connectivity index (χ2v) is 16.4. The number of hydrogen-bond acceptors (Lipinski definition) is 6. The third-order valence-corrected chi connectivity index (χ3v) is 11.9. The van der Waals surface area contributed by atoms with Gasteiger partial charge in [-0.1, -0.05) is 121 Å². The summed E-state index contributed by atoms with van der Waals surface area (Å²) in [6, 6.07) is 19.6. The van der Waals surface area contributed by atoms with Crippen molar-refractivity contribution >= 4 is 46.3 Å². The van der Waals surface area contributed by atoms with Gasteiger partial charge in [0.25, 0.3) is 0 Å². The van der Waals surface area contributed by atoms with Crippen LogP contribution in [0.3, 0.4) is 0 Å². The minimum atomic E-state index is -0.783. The van der Waals surface area contributed by atoms with E-state index in [1.165, 1.54) is 0 Å². The molecule has 8 heteroatoms. The van der Waals surface area contributed by atoms with E-state index in [2.05, 4.69) is 31.4 Å². The smallest absolute Gasteiger partial charge is 0.230 e. The summed E-state index contributed by atoms with van der Waals surface area (Å²) in [7, 11) is 0. The molecule has 276 valence electrons. The van der Waals surface area contributed by atoms with Crippen molar-refractivity contribution in [3.05, 3.63) is 117 Å². The van der Waals surface area contributed by atoms with Crippen molar-refractivity contribution in [2.24, 2.45) is 16.7 Å². The average Bonchev–Trinajstić information content (AvgIpc) is 3.18. The second kappa shape index (κ2) is 14.0. The van der Waals surface area contributed by atoms with E-state index in [0.29, 0.717) is 6.42 Å². The zero-order valence-electron chi connectivity index (χ0n) is 31.6. The van der Waals surface area contributed by atoms with Crippen molar-refractivity contribution in [3.63, 3.8) is 0 Å². The number of benzene rings is 4. The highest BCUT2D eigenvalue weighted by Gasteiger charge is 2.40. The fourth-order valence-corrected chi connectivity index (χ4v) is 7.94. The van der Waals surface area contributed by atoms with Gasteiger partial charge in [0, 0.05) is 44.7 Å². The normalized spacial score (nSPS) is 15.6. The Morgan fingerprint density at radius 2 is 0.981 bits per heavy atom. The molecule has 3 aliphatic carbocycles. The number of ketones is 4. The van der Waals surface area contributed by atoms with Crippen molar-refractivity contribution in [1.82, 2.24) is 0 Å². The van der Waals surface area contributed by atoms with Gasteiger partial charge >= 0.3 is 0 Å². The molecule has 0 aliphatic heterocycles. The van der Waals surface area contributed by atoms with Gasteiger partial charge in [-0.15, -0.1) is 0 Å². The number of hydrogen-bond donors (Lipinski definition) is 2. The zero-order valence-corrected chi connectivity index (χ0v) is 31.6. The first-order valence-electron chi connectivity index (χ1n) is 19.1. The molecule has 0 spiro atoms. The lowest BCUT2D eigenvalue weighted by Gasteiger charge is -2.30. The van der Waals surface area contributed by atoms with Crippen LogP contribution in [0.15, 0.2) is 72.8 Å². The van der Waals surface area contributed by atoms with Gasteiger partial charge in [-0.05, 0) is 54.4 Å². The van der Waals surface area contributed by atoms with Gasteiger partial charge in [-0.3, -0.25) is 28.8 Å². The minimum absolute atomic E-state index is 0.0349. The summed E-state index contributed by atoms with van der Waals surface area (Å²) in [6.45, 7) is 10.2. The van der Waals surface area contributed by atoms with Gasteiger partial charge in [-0.25, -0.2) is 0 Å². The molecule has 2 N–H and O–H groups in total. The van der Waals surface area contributed by atoms with Gasteiger partial charge in [0.1, 0.15) is 0 Å². The molecule has 1 saturated carbocycles. The van der Waals surface area contributed by atoms with Crippen LogP contribution in [0.5, 0.6) is 0 Å². The molecule has 0 radical (unpaired) electrons. The monoisotopic (exact) mass is 722 g/mol. The third kappa shape index (κ3) is 6.42. The second-order valence-electron chi connectivity index (χ2n) is 16.4. The van der Waals surface area contributed by atoms with Crippen LogP contribution in [-0.4, -0.2) is 34.9 Å². The highest BCUT2D eigenvalue weighted by Crippen LogP contribution is 2.44. The Morgan fingerprint density at radius 3 is 1.43 bits per heavy atom. The van der Waals surface area contributed by atoms with Crippen molar-refractivity contribution in [3.8, 4) is 11.1 Å². The maximum absolute atomic E-state index is 14.6. The van der Waals surface area contributed by atoms with Crippen LogP contribution in [0.1, 0.15) is 150 Å². The third-order valence-electron chi connectivity index (χ3n) is 11.9. The molecule has 54 heavy (non-hydrogen) atoms. The maximum atomic E-state index is 14.6. The van der Waals surface area contributed by atoms with E-state index in [9.17, 15) is 28.8 Å². The van der Waals surface area contributed by atoms with Gasteiger partial charge in [0.2, 0.25) is 11.8 Å². The SMILES string of the molecule is CCC(C)(C)CCC(C)(C)C(=O)Nc1ccc(-c2ccc(NC(=O)C3CCCCC3)c3c2C(=O)c2ccccc2C3=O)c2c1C(=O)c1ccccc1C2=O. The summed E-state index contributed by atoms with van der Waals surface area (Å²) in [5.41, 5.74) is 1.32. The molecule has 7 rings (SSSR count). The molecule has 2 amide bonds. The van der Waals surface area contributed by atoms with Gasteiger partial charge in [0.15, 0.2) is 23.1 Å². The lowest BCUT2D eigenvalue weighted by molar-refractivity contribution is -0.124. The van der Waals surface area contributed by atoms with Crippen LogP contribution in [0.2, 0.25) is 0 Å². The fourth-order valence-electron chi connectivity index (χ4n) is 7.94. The van der Waals surface area contributed by atoms with E-state index < -0.39 is 28.5 Å². The van der Waals surface area contributed by atoms with Crippen molar-refractivity contribution < 1.29 is 28.8 Å². The van der Waals surface area contributed by atoms with Crippen LogP contribution in [-0.2, 0) is 9.59 Å². The topological polar surface area (TPSA) is 126 Å². The number of nitrogens with one attached hydrogen (secondary N) is 2. The first kappa shape index (κ1) is 36.8. The molecular weight excluding hydrogens is 677 g/mol. The van der Waals surface area contributed by atoms with Crippen molar-refractivity contribution in [2.45, 2.75) is 86.0 Å². The predicted molar refractivity (Wildman–Crippen MR) is 209 cm³/mol. The van der Waals surface area contributed by atoms with Crippen LogP contribution in [0.25, 0.3) is 11.1 Å². The quantitative estimate of drug-likeness (QED) is 0.153. The van der Waals surface area contributed by atoms with Crippen LogP contribution >= 0.6 is 0 Å². The Labute approximate surface area is 316 Å². The summed E-state index contributed by atoms with van der Waals surface area (Å²) in [5, 5.41) is 5.98. The summed E-state index contributed by atoms with van der Waals surface area (Å²) in [6.07, 6.45) is 6.88. The van der Waals surface area contributed by atoms with Crippen LogP contribution in [0, 0.1) is 16.7 Å². The molecule has 8 nitrogen and oxygen atoms in total. The Hall–Kier alpha value is -5.50. The number of carbonyl (C=O) groups excluding carboxylic acids is 6. The number of anilines is 2. The molecule has 3 aliphatic rings. The number of fused-ring (bicyclic) bond motifs is 4. The van der Waals surface area contributed by atoms with Crippen LogP contribution < -0.4 is 10.6 Å². The number of rotatable bonds is 9. The Bertz CT molecular complexity index is 2270. The Morgan fingerprint density at radius 1 is 0.556 bits per heavy atom. The van der Waals surface area contributed by atoms with Gasteiger partial charge < -0.3 is 10.6 Å². The van der Waals surface area contributed by atoms with E-state index >= 15 is 0 Å². The van der Waals surface area contributed by atoms with Gasteiger partial charge in [0.05, 0.1) is 22.5 Å². The summed E-state index contributed by atoms with van der Waals surface area (Å²) < 4.78 is 0. The number of carbonyl (C=O) groups is 6. The Balaban J connectivity index is 1.39. The largest absolute Gasteiger partial charge is 0.325 e.